The summed E-state index contributed by atoms with van der Waals surface area (Å²) in [7, 11) is 0. The van der Waals surface area contributed by atoms with Gasteiger partial charge in [0.05, 0.1) is 18.8 Å². The van der Waals surface area contributed by atoms with Gasteiger partial charge in [0, 0.05) is 19.1 Å². The Balaban J connectivity index is 1.35. The number of H-pyrrole nitrogens is 1. The van der Waals surface area contributed by atoms with Crippen LogP contribution in [0.15, 0.2) is 21.9 Å². The van der Waals surface area contributed by atoms with Crippen LogP contribution >= 0.6 is 0 Å². The second kappa shape index (κ2) is 10.6. The summed E-state index contributed by atoms with van der Waals surface area (Å²) in [5.41, 5.74) is 1.53. The van der Waals surface area contributed by atoms with E-state index in [9.17, 15) is 4.79 Å². The largest absolute Gasteiger partial charge is 0.434 e. The standard InChI is InChI=1S/C29H40N8O3/c1-3-18-10-12-19(13-11-18)16-37-23-24(30-17(2)20-6-4-7-20)31-26(27-34-35-29(38)40-27)32-25(23)33-28(37)36-14-15-39-22-9-5-8-21(22)36/h3,17-22H,1,4-16H2,2H3,(H,35,38)(H,30,31,32)/t17-,18?,19?,21?,22?/m1/s1. The highest BCUT2D eigenvalue weighted by Crippen LogP contribution is 2.39. The van der Waals surface area contributed by atoms with E-state index in [1.54, 1.807) is 0 Å². The zero-order valence-corrected chi connectivity index (χ0v) is 23.3. The summed E-state index contributed by atoms with van der Waals surface area (Å²) < 4.78 is 13.8. The first kappa shape index (κ1) is 25.7. The van der Waals surface area contributed by atoms with Gasteiger partial charge in [-0.15, -0.1) is 11.7 Å². The van der Waals surface area contributed by atoms with Crippen LogP contribution in [0.25, 0.3) is 22.9 Å². The van der Waals surface area contributed by atoms with Gasteiger partial charge in [-0.2, -0.15) is 4.98 Å². The van der Waals surface area contributed by atoms with Crippen molar-refractivity contribution in [2.75, 3.05) is 23.4 Å². The highest BCUT2D eigenvalue weighted by molar-refractivity contribution is 5.87. The van der Waals surface area contributed by atoms with Crippen LogP contribution in [0.2, 0.25) is 0 Å². The molecule has 3 aliphatic carbocycles. The average molecular weight is 549 g/mol. The molecule has 0 amide bonds. The van der Waals surface area contributed by atoms with Crippen molar-refractivity contribution in [3.8, 4) is 11.7 Å². The number of imidazole rings is 1. The fraction of sp³-hybridized carbons (Fsp3) is 0.690. The smallest absolute Gasteiger partial charge is 0.384 e. The lowest BCUT2D eigenvalue weighted by Gasteiger charge is -2.39. The van der Waals surface area contributed by atoms with Gasteiger partial charge in [-0.25, -0.2) is 19.9 Å². The number of allylic oxidation sites excluding steroid dienone is 1. The van der Waals surface area contributed by atoms with Crippen LogP contribution < -0.4 is 16.0 Å². The summed E-state index contributed by atoms with van der Waals surface area (Å²) in [5, 5.41) is 10.1. The molecule has 0 spiro atoms. The van der Waals surface area contributed by atoms with Crippen LogP contribution in [-0.2, 0) is 11.3 Å². The molecular formula is C29H40N8O3. The summed E-state index contributed by atoms with van der Waals surface area (Å²) in [6, 6.07) is 0.575. The number of aromatic nitrogens is 6. The van der Waals surface area contributed by atoms with Gasteiger partial charge in [0.15, 0.2) is 11.5 Å². The Labute approximate surface area is 233 Å². The lowest BCUT2D eigenvalue weighted by atomic mass is 9.80. The zero-order chi connectivity index (χ0) is 27.2. The van der Waals surface area contributed by atoms with Crippen LogP contribution in [0.4, 0.5) is 11.8 Å². The maximum absolute atomic E-state index is 11.8. The van der Waals surface area contributed by atoms with Crippen molar-refractivity contribution < 1.29 is 9.15 Å². The van der Waals surface area contributed by atoms with Crippen molar-refractivity contribution in [1.29, 1.82) is 0 Å². The SMILES string of the molecule is C=CC1CCC(Cn2c(N3CCOC4CCCC43)nc3nc(-c4n[nH]c(=O)o4)nc(N[C@H](C)C4CCC4)c32)CC1. The van der Waals surface area contributed by atoms with Crippen molar-refractivity contribution in [3.05, 3.63) is 23.2 Å². The predicted molar refractivity (Wildman–Crippen MR) is 152 cm³/mol. The Hall–Kier alpha value is -3.21. The summed E-state index contributed by atoms with van der Waals surface area (Å²) in [6.45, 7) is 8.65. The van der Waals surface area contributed by atoms with Crippen molar-refractivity contribution in [1.82, 2.24) is 29.7 Å². The van der Waals surface area contributed by atoms with Gasteiger partial charge >= 0.3 is 5.76 Å². The van der Waals surface area contributed by atoms with Crippen LogP contribution in [0.1, 0.15) is 71.1 Å². The van der Waals surface area contributed by atoms with Crippen molar-refractivity contribution in [2.24, 2.45) is 17.8 Å². The third kappa shape index (κ3) is 4.71. The molecule has 7 rings (SSSR count). The lowest BCUT2D eigenvalue weighted by Crippen LogP contribution is -2.49. The molecular weight excluding hydrogens is 508 g/mol. The normalized spacial score (nSPS) is 27.9. The summed E-state index contributed by atoms with van der Waals surface area (Å²) in [6.07, 6.45) is 14.2. The minimum Gasteiger partial charge on any atom is -0.384 e. The van der Waals surface area contributed by atoms with E-state index in [2.05, 4.69) is 44.6 Å². The van der Waals surface area contributed by atoms with E-state index in [4.69, 9.17) is 24.1 Å². The fourth-order valence-corrected chi connectivity index (χ4v) is 7.25. The molecule has 2 N–H and O–H groups in total. The lowest BCUT2D eigenvalue weighted by molar-refractivity contribution is 0.0247. The van der Waals surface area contributed by atoms with E-state index in [1.807, 2.05) is 0 Å². The number of rotatable bonds is 8. The minimum absolute atomic E-state index is 0.0762. The van der Waals surface area contributed by atoms with Gasteiger partial charge in [0.2, 0.25) is 11.8 Å². The van der Waals surface area contributed by atoms with Gasteiger partial charge in [-0.1, -0.05) is 12.5 Å². The number of morpholine rings is 1. The molecule has 4 aliphatic rings. The molecule has 0 bridgehead atoms. The average Bonchev–Trinajstić information content (AvgIpc) is 3.66. The molecule has 11 nitrogen and oxygen atoms in total. The molecule has 11 heteroatoms. The summed E-state index contributed by atoms with van der Waals surface area (Å²) in [5.74, 6) is 3.18. The first-order chi connectivity index (χ1) is 19.6. The Morgan fingerprint density at radius 1 is 1.10 bits per heavy atom. The van der Waals surface area contributed by atoms with Crippen LogP contribution in [-0.4, -0.2) is 61.1 Å². The highest BCUT2D eigenvalue weighted by Gasteiger charge is 2.39. The van der Waals surface area contributed by atoms with E-state index in [1.165, 1.54) is 51.4 Å². The third-order valence-electron chi connectivity index (χ3n) is 9.84. The summed E-state index contributed by atoms with van der Waals surface area (Å²) >= 11 is 0. The molecule has 0 aromatic carbocycles. The second-order valence-corrected chi connectivity index (χ2v) is 12.3. The van der Waals surface area contributed by atoms with Crippen LogP contribution in [0.5, 0.6) is 0 Å². The van der Waals surface area contributed by atoms with Crippen molar-refractivity contribution >= 4 is 22.9 Å². The first-order valence-corrected chi connectivity index (χ1v) is 15.2. The molecule has 2 unspecified atom stereocenters. The Morgan fingerprint density at radius 2 is 1.93 bits per heavy atom. The molecule has 0 radical (unpaired) electrons. The number of aromatic amines is 1. The highest BCUT2D eigenvalue weighted by atomic mass is 16.5. The fourth-order valence-electron chi connectivity index (χ4n) is 7.25. The van der Waals surface area contributed by atoms with Gasteiger partial charge in [0.1, 0.15) is 5.52 Å². The van der Waals surface area contributed by atoms with E-state index in [0.29, 0.717) is 36.0 Å². The monoisotopic (exact) mass is 548 g/mol. The molecule has 3 aromatic rings. The number of fused-ring (bicyclic) bond motifs is 2. The molecule has 3 saturated carbocycles. The Bertz CT molecular complexity index is 1420. The topological polar surface area (TPSA) is 127 Å². The maximum Gasteiger partial charge on any atom is 0.434 e. The number of hydrogen-bond donors (Lipinski definition) is 2. The number of anilines is 2. The van der Waals surface area contributed by atoms with Gasteiger partial charge in [-0.05, 0) is 82.5 Å². The molecule has 214 valence electrons. The van der Waals surface area contributed by atoms with Crippen molar-refractivity contribution in [3.63, 3.8) is 0 Å². The third-order valence-corrected chi connectivity index (χ3v) is 9.84. The molecule has 4 fully saturated rings. The molecule has 4 heterocycles. The number of nitrogens with zero attached hydrogens (tertiary/aromatic N) is 6. The summed E-state index contributed by atoms with van der Waals surface area (Å²) in [4.78, 5) is 29.2. The Kier molecular flexibility index (Phi) is 6.85. The first-order valence-electron chi connectivity index (χ1n) is 15.2. The van der Waals surface area contributed by atoms with Crippen LogP contribution in [0, 0.1) is 17.8 Å². The van der Waals surface area contributed by atoms with E-state index < -0.39 is 5.76 Å². The van der Waals surface area contributed by atoms with Gasteiger partial charge < -0.3 is 23.9 Å². The molecule has 40 heavy (non-hydrogen) atoms. The van der Waals surface area contributed by atoms with Crippen molar-refractivity contribution in [2.45, 2.75) is 95.9 Å². The van der Waals surface area contributed by atoms with E-state index in [0.717, 1.165) is 43.2 Å². The molecule has 3 atom stereocenters. The minimum atomic E-state index is -0.627. The molecule has 1 aliphatic heterocycles. The van der Waals surface area contributed by atoms with Gasteiger partial charge in [-0.3, -0.25) is 0 Å². The van der Waals surface area contributed by atoms with E-state index in [-0.39, 0.29) is 23.9 Å². The number of hydrogen-bond acceptors (Lipinski definition) is 9. The van der Waals surface area contributed by atoms with Crippen LogP contribution in [0.3, 0.4) is 0 Å². The van der Waals surface area contributed by atoms with Gasteiger partial charge in [0.25, 0.3) is 5.89 Å². The zero-order valence-electron chi connectivity index (χ0n) is 23.3. The predicted octanol–water partition coefficient (Wildman–Crippen LogP) is 4.52. The number of nitrogens with one attached hydrogen (secondary N) is 2. The quantitative estimate of drug-likeness (QED) is 0.391. The van der Waals surface area contributed by atoms with E-state index >= 15 is 0 Å². The second-order valence-electron chi connectivity index (χ2n) is 12.3. The molecule has 3 aromatic heterocycles. The number of ether oxygens (including phenoxy) is 1. The molecule has 1 saturated heterocycles. The Morgan fingerprint density at radius 3 is 2.65 bits per heavy atom. The maximum atomic E-state index is 11.8.